The van der Waals surface area contributed by atoms with Crippen LogP contribution in [-0.4, -0.2) is 15.1 Å². The molecule has 0 aromatic carbocycles. The summed E-state index contributed by atoms with van der Waals surface area (Å²) >= 11 is 0. The molecule has 0 amide bonds. The second-order valence-electron chi connectivity index (χ2n) is 1.73. The van der Waals surface area contributed by atoms with Crippen LogP contribution in [0.25, 0.3) is 0 Å². The molecule has 3 radical (unpaired) electrons. The van der Waals surface area contributed by atoms with E-state index in [4.69, 9.17) is 0 Å². The zero-order valence-corrected chi connectivity index (χ0v) is 4.15. The molecular weight excluding hydrogens is 57.7 g/mol. The van der Waals surface area contributed by atoms with Gasteiger partial charge in [-0.05, 0) is 0 Å². The third-order valence-electron chi connectivity index (χ3n) is 0. The molecule has 0 nitrogen and oxygen atoms in total. The molecule has 0 aromatic heterocycles. The molecule has 2 heteroatoms. The van der Waals surface area contributed by atoms with Crippen LogP contribution in [0, 0.1) is 0 Å². The summed E-state index contributed by atoms with van der Waals surface area (Å²) < 4.78 is 0. The van der Waals surface area contributed by atoms with Gasteiger partial charge in [0.1, 0.15) is 6.71 Å². The molecule has 0 aromatic rings. The van der Waals surface area contributed by atoms with Crippen LogP contribution in [0.15, 0.2) is 0 Å². The Morgan fingerprint density at radius 2 is 1.00 bits per heavy atom. The normalized spacial score (nSPS) is 5.40. The SMILES string of the molecule is CB(C)C.[B]. The van der Waals surface area contributed by atoms with E-state index in [1.807, 2.05) is 0 Å². The van der Waals surface area contributed by atoms with Crippen molar-refractivity contribution in [3.05, 3.63) is 0 Å². The molecule has 0 aliphatic heterocycles. The summed E-state index contributed by atoms with van der Waals surface area (Å²) in [5, 5.41) is 0. The number of hydrogen-bond acceptors (Lipinski definition) is 0. The summed E-state index contributed by atoms with van der Waals surface area (Å²) in [6.45, 7) is 7.33. The van der Waals surface area contributed by atoms with Gasteiger partial charge in [-0.1, -0.05) is 20.5 Å². The Morgan fingerprint density at radius 3 is 1.00 bits per heavy atom. The van der Waals surface area contributed by atoms with Crippen molar-refractivity contribution in [2.75, 3.05) is 0 Å². The molecule has 5 heavy (non-hydrogen) atoms. The van der Waals surface area contributed by atoms with Crippen molar-refractivity contribution in [3.8, 4) is 0 Å². The van der Waals surface area contributed by atoms with Gasteiger partial charge in [0.05, 0.1) is 0 Å². The minimum absolute atomic E-state index is 0. The van der Waals surface area contributed by atoms with Crippen LogP contribution in [0.3, 0.4) is 0 Å². The third kappa shape index (κ3) is 1110. The van der Waals surface area contributed by atoms with Gasteiger partial charge >= 0.3 is 0 Å². The first-order valence-corrected chi connectivity index (χ1v) is 1.73. The van der Waals surface area contributed by atoms with Crippen molar-refractivity contribution in [1.82, 2.24) is 0 Å². The molecule has 0 saturated heterocycles. The predicted molar refractivity (Wildman–Crippen MR) is 29.1 cm³/mol. The van der Waals surface area contributed by atoms with Crippen molar-refractivity contribution >= 4 is 15.1 Å². The maximum absolute atomic E-state index is 2.17. The molecular formula is C3H9B2. The van der Waals surface area contributed by atoms with E-state index in [1.54, 1.807) is 0 Å². The Bertz CT molecular complexity index is 9.61. The fraction of sp³-hybridized carbons (Fsp3) is 1.00. The molecule has 0 bridgehead atoms. The number of hydrogen-bond donors (Lipinski definition) is 0. The molecule has 0 rings (SSSR count). The van der Waals surface area contributed by atoms with Crippen LogP contribution in [-0.2, 0) is 0 Å². The van der Waals surface area contributed by atoms with Crippen molar-refractivity contribution in [2.45, 2.75) is 20.5 Å². The first-order chi connectivity index (χ1) is 1.73. The van der Waals surface area contributed by atoms with E-state index in [0.29, 0.717) is 0 Å². The average Bonchev–Trinajstić information content (AvgIpc) is 0.811. The van der Waals surface area contributed by atoms with Crippen molar-refractivity contribution < 1.29 is 0 Å². The topological polar surface area (TPSA) is 0 Å². The molecule has 0 heterocycles. The zero-order valence-electron chi connectivity index (χ0n) is 4.15. The van der Waals surface area contributed by atoms with Crippen LogP contribution in [0.2, 0.25) is 20.5 Å². The lowest BCUT2D eigenvalue weighted by Gasteiger charge is -1.71. The van der Waals surface area contributed by atoms with Gasteiger partial charge in [-0.25, -0.2) is 0 Å². The Labute approximate surface area is 36.6 Å². The lowest BCUT2D eigenvalue weighted by molar-refractivity contribution is 1.91. The molecule has 27 valence electrons. The van der Waals surface area contributed by atoms with Gasteiger partial charge < -0.3 is 0 Å². The minimum atomic E-state index is 0. The van der Waals surface area contributed by atoms with Gasteiger partial charge in [0.2, 0.25) is 0 Å². The van der Waals surface area contributed by atoms with E-state index < -0.39 is 0 Å². The van der Waals surface area contributed by atoms with Crippen LogP contribution < -0.4 is 0 Å². The zero-order chi connectivity index (χ0) is 3.58. The first kappa shape index (κ1) is 8.93. The average molecular weight is 66.7 g/mol. The second kappa shape index (κ2) is 4.13. The fourth-order valence-electron chi connectivity index (χ4n) is 0. The van der Waals surface area contributed by atoms with Crippen LogP contribution >= 0.6 is 0 Å². The standard InChI is InChI=1S/C3H9B.B/c1-4(2)3;/h1-3H3;. The summed E-state index contributed by atoms with van der Waals surface area (Å²) in [5.74, 6) is 0. The Morgan fingerprint density at radius 1 is 1.00 bits per heavy atom. The molecule has 0 N–H and O–H groups in total. The highest BCUT2D eigenvalue weighted by Gasteiger charge is 1.76. The third-order valence-corrected chi connectivity index (χ3v) is 0. The van der Waals surface area contributed by atoms with Crippen LogP contribution in [0.5, 0.6) is 0 Å². The Kier molecular flexibility index (Phi) is 7.38. The maximum atomic E-state index is 2.17. The van der Waals surface area contributed by atoms with E-state index in [-0.39, 0.29) is 8.41 Å². The van der Waals surface area contributed by atoms with Gasteiger partial charge in [-0.3, -0.25) is 0 Å². The monoisotopic (exact) mass is 67.1 g/mol. The van der Waals surface area contributed by atoms with Gasteiger partial charge in [0.15, 0.2) is 0 Å². The summed E-state index contributed by atoms with van der Waals surface area (Å²) in [5.41, 5.74) is 0. The van der Waals surface area contributed by atoms with E-state index >= 15 is 0 Å². The van der Waals surface area contributed by atoms with Crippen LogP contribution in [0.1, 0.15) is 0 Å². The van der Waals surface area contributed by atoms with Gasteiger partial charge in [0, 0.05) is 8.41 Å². The Balaban J connectivity index is 0. The maximum Gasteiger partial charge on any atom is 0.130 e. The highest BCUT2D eigenvalue weighted by atomic mass is 13.2. The molecule has 0 aliphatic carbocycles. The second-order valence-corrected chi connectivity index (χ2v) is 1.73. The quantitative estimate of drug-likeness (QED) is 0.370. The lowest BCUT2D eigenvalue weighted by Crippen LogP contribution is -1.84. The van der Waals surface area contributed by atoms with E-state index in [2.05, 4.69) is 20.5 Å². The summed E-state index contributed by atoms with van der Waals surface area (Å²) in [7, 11) is 0. The largest absolute Gasteiger partial charge is 0.130 e. The van der Waals surface area contributed by atoms with Crippen molar-refractivity contribution in [2.24, 2.45) is 0 Å². The van der Waals surface area contributed by atoms with Gasteiger partial charge in [0.25, 0.3) is 0 Å². The van der Waals surface area contributed by atoms with E-state index in [1.165, 1.54) is 0 Å². The van der Waals surface area contributed by atoms with Crippen molar-refractivity contribution in [1.29, 1.82) is 0 Å². The summed E-state index contributed by atoms with van der Waals surface area (Å²) in [4.78, 5) is 0. The summed E-state index contributed by atoms with van der Waals surface area (Å²) in [6, 6.07) is 0. The predicted octanol–water partition coefficient (Wildman–Crippen LogP) is 0.990. The molecule has 0 aliphatic rings. The van der Waals surface area contributed by atoms with Crippen LogP contribution in [0.4, 0.5) is 0 Å². The minimum Gasteiger partial charge on any atom is -0.0865 e. The van der Waals surface area contributed by atoms with E-state index in [9.17, 15) is 0 Å². The molecule has 0 unspecified atom stereocenters. The smallest absolute Gasteiger partial charge is 0.0865 e. The first-order valence-electron chi connectivity index (χ1n) is 1.73. The lowest BCUT2D eigenvalue weighted by atomic mass is 9.58. The number of rotatable bonds is 0. The molecule has 0 fully saturated rings. The van der Waals surface area contributed by atoms with E-state index in [0.717, 1.165) is 6.71 Å². The highest BCUT2D eigenvalue weighted by molar-refractivity contribution is 6.54. The summed E-state index contributed by atoms with van der Waals surface area (Å²) in [6.07, 6.45) is 0. The van der Waals surface area contributed by atoms with Crippen molar-refractivity contribution in [3.63, 3.8) is 0 Å². The molecule has 0 atom stereocenters. The van der Waals surface area contributed by atoms with Gasteiger partial charge in [-0.15, -0.1) is 0 Å². The van der Waals surface area contributed by atoms with Gasteiger partial charge in [-0.2, -0.15) is 0 Å². The fourth-order valence-corrected chi connectivity index (χ4v) is 0. The Hall–Kier alpha value is 0.130. The highest BCUT2D eigenvalue weighted by Crippen LogP contribution is 1.68. The molecule has 0 saturated carbocycles. The molecule has 0 spiro atoms.